The summed E-state index contributed by atoms with van der Waals surface area (Å²) in [5.41, 5.74) is 2.14. The van der Waals surface area contributed by atoms with Crippen molar-refractivity contribution in [2.45, 2.75) is 24.7 Å². The number of aromatic nitrogens is 1. The van der Waals surface area contributed by atoms with Crippen LogP contribution in [0.2, 0.25) is 0 Å². The Morgan fingerprint density at radius 2 is 1.84 bits per heavy atom. The number of carbonyl (C=O) groups is 1. The van der Waals surface area contributed by atoms with Gasteiger partial charge in [-0.1, -0.05) is 19.9 Å². The average molecular weight is 457 g/mol. The number of thiazole rings is 1. The predicted octanol–water partition coefficient (Wildman–Crippen LogP) is 5.24. The first-order valence-corrected chi connectivity index (χ1v) is 12.3. The number of rotatable bonds is 9. The normalized spacial score (nSPS) is 11.2. The van der Waals surface area contributed by atoms with Gasteiger partial charge in [-0.25, -0.2) is 13.4 Å². The Morgan fingerprint density at radius 1 is 1.16 bits per heavy atom. The van der Waals surface area contributed by atoms with E-state index < -0.39 is 9.84 Å². The van der Waals surface area contributed by atoms with E-state index in [2.05, 4.69) is 11.6 Å². The van der Waals surface area contributed by atoms with Gasteiger partial charge in [-0.05, 0) is 61.0 Å². The van der Waals surface area contributed by atoms with Crippen molar-refractivity contribution in [2.24, 2.45) is 0 Å². The topological polar surface area (TPSA) is 76.6 Å². The van der Waals surface area contributed by atoms with Crippen LogP contribution in [0.1, 0.15) is 19.8 Å². The van der Waals surface area contributed by atoms with E-state index in [4.69, 9.17) is 4.74 Å². The van der Waals surface area contributed by atoms with E-state index >= 15 is 0 Å². The Hall–Kier alpha value is -2.97. The van der Waals surface area contributed by atoms with E-state index in [0.29, 0.717) is 17.2 Å². The highest BCUT2D eigenvalue weighted by Crippen LogP contribution is 2.33. The molecular formula is C23H24N2O4S2. The molecule has 1 amide bonds. The lowest BCUT2D eigenvalue weighted by Crippen LogP contribution is -2.23. The van der Waals surface area contributed by atoms with E-state index in [1.54, 1.807) is 19.2 Å². The molecule has 162 valence electrons. The molecule has 0 aliphatic carbocycles. The van der Waals surface area contributed by atoms with Crippen LogP contribution in [0.4, 0.5) is 10.8 Å². The molecule has 0 radical (unpaired) electrons. The van der Waals surface area contributed by atoms with Gasteiger partial charge in [0, 0.05) is 10.9 Å². The third-order valence-corrected chi connectivity index (χ3v) is 7.33. The highest BCUT2D eigenvalue weighted by Gasteiger charge is 2.21. The summed E-state index contributed by atoms with van der Waals surface area (Å²) >= 11 is 1.32. The average Bonchev–Trinajstić information content (AvgIpc) is 3.27. The van der Waals surface area contributed by atoms with Gasteiger partial charge in [0.1, 0.15) is 5.75 Å². The molecule has 2 aromatic carbocycles. The van der Waals surface area contributed by atoms with Crippen LogP contribution >= 0.6 is 11.3 Å². The monoisotopic (exact) mass is 456 g/mol. The first-order valence-electron chi connectivity index (χ1n) is 9.79. The number of anilines is 2. The number of unbranched alkanes of at least 4 members (excludes halogenated alkanes) is 1. The quantitative estimate of drug-likeness (QED) is 0.411. The number of hydrogen-bond acceptors (Lipinski definition) is 6. The van der Waals surface area contributed by atoms with E-state index in [1.807, 2.05) is 36.6 Å². The molecule has 6 nitrogen and oxygen atoms in total. The van der Waals surface area contributed by atoms with Gasteiger partial charge in [-0.2, -0.15) is 0 Å². The largest absolute Gasteiger partial charge is 0.497 e. The maximum Gasteiger partial charge on any atom is 0.256 e. The molecule has 0 spiro atoms. The second-order valence-corrected chi connectivity index (χ2v) is 9.73. The predicted molar refractivity (Wildman–Crippen MR) is 125 cm³/mol. The van der Waals surface area contributed by atoms with Gasteiger partial charge in [0.05, 0.1) is 29.1 Å². The van der Waals surface area contributed by atoms with Crippen molar-refractivity contribution in [1.29, 1.82) is 0 Å². The standard InChI is InChI=1S/C23H24N2O4S2/c1-4-6-15-31(27,28)20-13-9-18(10-14-20)25(22(26)5-2)23-24-21(16-30-23)17-7-11-19(29-3)12-8-17/h5,7-14,16H,2,4,6,15H2,1,3H3. The first kappa shape index (κ1) is 22.7. The zero-order valence-electron chi connectivity index (χ0n) is 17.4. The van der Waals surface area contributed by atoms with Crippen LogP contribution < -0.4 is 9.64 Å². The van der Waals surface area contributed by atoms with Gasteiger partial charge in [0.2, 0.25) is 0 Å². The summed E-state index contributed by atoms with van der Waals surface area (Å²) in [6.45, 7) is 5.53. The van der Waals surface area contributed by atoms with Crippen LogP contribution in [0.25, 0.3) is 11.3 Å². The maximum atomic E-state index is 12.6. The Bertz CT molecular complexity index is 1150. The van der Waals surface area contributed by atoms with Gasteiger partial charge in [-0.15, -0.1) is 11.3 Å². The molecule has 0 fully saturated rings. The lowest BCUT2D eigenvalue weighted by molar-refractivity contribution is -0.113. The summed E-state index contributed by atoms with van der Waals surface area (Å²) in [6, 6.07) is 13.8. The van der Waals surface area contributed by atoms with Crippen molar-refractivity contribution >= 4 is 37.9 Å². The SMILES string of the molecule is C=CC(=O)N(c1ccc(S(=O)(=O)CCCC)cc1)c1nc(-c2ccc(OC)cc2)cs1. The van der Waals surface area contributed by atoms with E-state index in [-0.39, 0.29) is 16.6 Å². The summed E-state index contributed by atoms with van der Waals surface area (Å²) < 4.78 is 30.0. The van der Waals surface area contributed by atoms with E-state index in [0.717, 1.165) is 23.4 Å². The number of ether oxygens (including phenoxy) is 1. The third kappa shape index (κ3) is 5.21. The van der Waals surface area contributed by atoms with Crippen LogP contribution in [0, 0.1) is 0 Å². The van der Waals surface area contributed by atoms with Crippen molar-refractivity contribution in [2.75, 3.05) is 17.8 Å². The van der Waals surface area contributed by atoms with Gasteiger partial charge in [0.25, 0.3) is 5.91 Å². The second-order valence-electron chi connectivity index (χ2n) is 6.79. The van der Waals surface area contributed by atoms with E-state index in [1.165, 1.54) is 34.4 Å². The summed E-state index contributed by atoms with van der Waals surface area (Å²) in [6.07, 6.45) is 2.62. The lowest BCUT2D eigenvalue weighted by Gasteiger charge is -2.18. The van der Waals surface area contributed by atoms with Crippen LogP contribution in [-0.2, 0) is 14.6 Å². The molecule has 0 aliphatic rings. The van der Waals surface area contributed by atoms with Crippen LogP contribution in [0.3, 0.4) is 0 Å². The molecule has 0 N–H and O–H groups in total. The zero-order valence-corrected chi connectivity index (χ0v) is 19.1. The molecule has 0 aliphatic heterocycles. The number of benzene rings is 2. The van der Waals surface area contributed by atoms with Crippen molar-refractivity contribution in [3.05, 3.63) is 66.6 Å². The fourth-order valence-corrected chi connectivity index (χ4v) is 5.25. The summed E-state index contributed by atoms with van der Waals surface area (Å²) in [4.78, 5) is 18.9. The minimum Gasteiger partial charge on any atom is -0.497 e. The van der Waals surface area contributed by atoms with Gasteiger partial charge in [0.15, 0.2) is 15.0 Å². The van der Waals surface area contributed by atoms with Crippen LogP contribution in [0.5, 0.6) is 5.75 Å². The van der Waals surface area contributed by atoms with Crippen molar-refractivity contribution < 1.29 is 17.9 Å². The third-order valence-electron chi connectivity index (χ3n) is 4.68. The van der Waals surface area contributed by atoms with E-state index in [9.17, 15) is 13.2 Å². The second kappa shape index (κ2) is 9.89. The zero-order chi connectivity index (χ0) is 22.4. The minimum atomic E-state index is -3.34. The van der Waals surface area contributed by atoms with Crippen LogP contribution in [0.15, 0.2) is 71.5 Å². The fraction of sp³-hybridized carbons (Fsp3) is 0.217. The molecule has 31 heavy (non-hydrogen) atoms. The molecule has 3 rings (SSSR count). The molecule has 3 aromatic rings. The lowest BCUT2D eigenvalue weighted by atomic mass is 10.2. The summed E-state index contributed by atoms with van der Waals surface area (Å²) in [5, 5.41) is 2.33. The number of nitrogens with zero attached hydrogens (tertiary/aromatic N) is 2. The smallest absolute Gasteiger partial charge is 0.256 e. The fourth-order valence-electron chi connectivity index (χ4n) is 2.94. The molecule has 0 atom stereocenters. The molecule has 0 bridgehead atoms. The number of amides is 1. The van der Waals surface area contributed by atoms with Crippen molar-refractivity contribution in [3.63, 3.8) is 0 Å². The Kier molecular flexibility index (Phi) is 7.25. The highest BCUT2D eigenvalue weighted by molar-refractivity contribution is 7.91. The van der Waals surface area contributed by atoms with Crippen molar-refractivity contribution in [1.82, 2.24) is 4.98 Å². The number of hydrogen-bond donors (Lipinski definition) is 0. The van der Waals surface area contributed by atoms with Crippen LogP contribution in [-0.4, -0.2) is 32.2 Å². The summed E-state index contributed by atoms with van der Waals surface area (Å²) in [7, 11) is -1.73. The first-order chi connectivity index (χ1) is 14.9. The molecule has 0 saturated carbocycles. The summed E-state index contributed by atoms with van der Waals surface area (Å²) in [5.74, 6) is 0.504. The maximum absolute atomic E-state index is 12.6. The molecular weight excluding hydrogens is 432 g/mol. The van der Waals surface area contributed by atoms with Gasteiger partial charge in [-0.3, -0.25) is 9.69 Å². The molecule has 1 heterocycles. The van der Waals surface area contributed by atoms with Crippen molar-refractivity contribution in [3.8, 4) is 17.0 Å². The molecule has 1 aromatic heterocycles. The molecule has 0 unspecified atom stereocenters. The van der Waals surface area contributed by atoms with Gasteiger partial charge >= 0.3 is 0 Å². The Balaban J connectivity index is 1.92. The number of sulfone groups is 1. The Labute approximate surface area is 186 Å². The Morgan fingerprint density at radius 3 is 2.42 bits per heavy atom. The molecule has 0 saturated heterocycles. The molecule has 8 heteroatoms. The number of carbonyl (C=O) groups excluding carboxylic acids is 1. The highest BCUT2D eigenvalue weighted by atomic mass is 32.2. The van der Waals surface area contributed by atoms with Gasteiger partial charge < -0.3 is 4.74 Å². The minimum absolute atomic E-state index is 0.107. The number of methoxy groups -OCH3 is 1.